The summed E-state index contributed by atoms with van der Waals surface area (Å²) in [6, 6.07) is 7.89. The Morgan fingerprint density at radius 2 is 2.09 bits per heavy atom. The highest BCUT2D eigenvalue weighted by Gasteiger charge is 2.39. The number of nitrogens with one attached hydrogen (secondary N) is 1. The Balaban J connectivity index is 1.85. The molecule has 0 radical (unpaired) electrons. The molecule has 3 unspecified atom stereocenters. The van der Waals surface area contributed by atoms with E-state index in [0.717, 1.165) is 31.0 Å². The van der Waals surface area contributed by atoms with Crippen molar-refractivity contribution in [3.63, 3.8) is 0 Å². The van der Waals surface area contributed by atoms with Crippen LogP contribution in [0.1, 0.15) is 44.3 Å². The molecular weight excluding hydrogens is 290 g/mol. The molecule has 0 aromatic heterocycles. The average Bonchev–Trinajstić information content (AvgIpc) is 3.11. The minimum absolute atomic E-state index is 0.0801. The number of rotatable bonds is 6. The predicted molar refractivity (Wildman–Crippen MR) is 90.6 cm³/mol. The molecule has 1 aromatic rings. The Morgan fingerprint density at radius 3 is 2.78 bits per heavy atom. The molecule has 0 bridgehead atoms. The van der Waals surface area contributed by atoms with E-state index in [4.69, 9.17) is 9.47 Å². The van der Waals surface area contributed by atoms with Crippen molar-refractivity contribution >= 4 is 0 Å². The molecule has 2 aliphatic rings. The van der Waals surface area contributed by atoms with Crippen molar-refractivity contribution in [2.24, 2.45) is 11.8 Å². The van der Waals surface area contributed by atoms with Gasteiger partial charge in [0.15, 0.2) is 0 Å². The Hall–Kier alpha value is -1.10. The molecule has 0 spiro atoms. The van der Waals surface area contributed by atoms with Crippen molar-refractivity contribution < 1.29 is 14.6 Å². The van der Waals surface area contributed by atoms with Crippen LogP contribution < -0.4 is 10.1 Å². The summed E-state index contributed by atoms with van der Waals surface area (Å²) in [7, 11) is 0. The standard InChI is InChI=1S/C19H29NO3/c1-2-22-16-10-6-5-9-15(16)19(21)18(14-7-3-4-8-14)17-13-20-11-12-23-17/h5-6,9-10,14,17-21H,2-4,7-8,11-13H2,1H3. The van der Waals surface area contributed by atoms with Gasteiger partial charge in [0.2, 0.25) is 0 Å². The molecule has 4 heteroatoms. The van der Waals surface area contributed by atoms with Gasteiger partial charge in [0.1, 0.15) is 5.75 Å². The summed E-state index contributed by atoms with van der Waals surface area (Å²) in [6.07, 6.45) is 4.46. The highest BCUT2D eigenvalue weighted by molar-refractivity contribution is 5.35. The lowest BCUT2D eigenvalue weighted by molar-refractivity contribution is -0.0734. The Labute approximate surface area is 139 Å². The van der Waals surface area contributed by atoms with E-state index >= 15 is 0 Å². The van der Waals surface area contributed by atoms with Gasteiger partial charge in [-0.2, -0.15) is 0 Å². The van der Waals surface area contributed by atoms with Gasteiger partial charge < -0.3 is 19.9 Å². The lowest BCUT2D eigenvalue weighted by Gasteiger charge is -2.38. The highest BCUT2D eigenvalue weighted by Crippen LogP contribution is 2.43. The SMILES string of the molecule is CCOc1ccccc1C(O)C(C1CCCC1)C1CNCCO1. The topological polar surface area (TPSA) is 50.7 Å². The van der Waals surface area contributed by atoms with Gasteiger partial charge in [-0.15, -0.1) is 0 Å². The van der Waals surface area contributed by atoms with Crippen molar-refractivity contribution in [1.82, 2.24) is 5.32 Å². The summed E-state index contributed by atoms with van der Waals surface area (Å²) < 4.78 is 11.8. The number of hydrogen-bond acceptors (Lipinski definition) is 4. The van der Waals surface area contributed by atoms with E-state index in [0.29, 0.717) is 12.5 Å². The number of benzene rings is 1. The fourth-order valence-electron chi connectivity index (χ4n) is 4.16. The van der Waals surface area contributed by atoms with Crippen molar-refractivity contribution in [3.05, 3.63) is 29.8 Å². The second-order valence-corrected chi connectivity index (χ2v) is 6.65. The molecule has 128 valence electrons. The summed E-state index contributed by atoms with van der Waals surface area (Å²) in [5.74, 6) is 1.46. The molecule has 2 N–H and O–H groups in total. The fourth-order valence-corrected chi connectivity index (χ4v) is 4.16. The van der Waals surface area contributed by atoms with E-state index in [-0.39, 0.29) is 12.0 Å². The largest absolute Gasteiger partial charge is 0.493 e. The summed E-state index contributed by atoms with van der Waals surface area (Å²) in [4.78, 5) is 0. The van der Waals surface area contributed by atoms with Crippen molar-refractivity contribution in [3.8, 4) is 5.75 Å². The Morgan fingerprint density at radius 1 is 1.30 bits per heavy atom. The molecule has 0 amide bonds. The van der Waals surface area contributed by atoms with E-state index in [1.807, 2.05) is 31.2 Å². The maximum Gasteiger partial charge on any atom is 0.125 e. The zero-order valence-electron chi connectivity index (χ0n) is 14.0. The monoisotopic (exact) mass is 319 g/mol. The second-order valence-electron chi connectivity index (χ2n) is 6.65. The molecule has 1 heterocycles. The minimum atomic E-state index is -0.536. The van der Waals surface area contributed by atoms with Gasteiger partial charge in [0.05, 0.1) is 25.4 Å². The van der Waals surface area contributed by atoms with Crippen LogP contribution >= 0.6 is 0 Å². The molecular formula is C19H29NO3. The van der Waals surface area contributed by atoms with Gasteiger partial charge in [-0.25, -0.2) is 0 Å². The predicted octanol–water partition coefficient (Wildman–Crippen LogP) is 2.91. The van der Waals surface area contributed by atoms with Crippen molar-refractivity contribution in [2.75, 3.05) is 26.3 Å². The summed E-state index contributed by atoms with van der Waals surface area (Å²) in [6.45, 7) is 5.05. The summed E-state index contributed by atoms with van der Waals surface area (Å²) in [5.41, 5.74) is 0.903. The zero-order chi connectivity index (χ0) is 16.1. The maximum atomic E-state index is 11.2. The molecule has 1 aliphatic carbocycles. The Bertz CT molecular complexity index is 481. The van der Waals surface area contributed by atoms with Crippen LogP contribution in [0.3, 0.4) is 0 Å². The third kappa shape index (κ3) is 3.87. The highest BCUT2D eigenvalue weighted by atomic mass is 16.5. The van der Waals surface area contributed by atoms with Gasteiger partial charge in [-0.1, -0.05) is 31.0 Å². The molecule has 3 rings (SSSR count). The van der Waals surface area contributed by atoms with Crippen LogP contribution in [0.2, 0.25) is 0 Å². The van der Waals surface area contributed by atoms with Crippen LogP contribution in [0, 0.1) is 11.8 Å². The second kappa shape index (κ2) is 8.13. The number of para-hydroxylation sites is 1. The number of aliphatic hydroxyl groups is 1. The smallest absolute Gasteiger partial charge is 0.125 e. The molecule has 2 fully saturated rings. The van der Waals surface area contributed by atoms with Gasteiger partial charge in [-0.3, -0.25) is 0 Å². The first-order valence-corrected chi connectivity index (χ1v) is 9.03. The molecule has 1 aromatic carbocycles. The number of morpholine rings is 1. The van der Waals surface area contributed by atoms with E-state index in [9.17, 15) is 5.11 Å². The quantitative estimate of drug-likeness (QED) is 0.846. The normalized spacial score (nSPS) is 25.2. The molecule has 23 heavy (non-hydrogen) atoms. The number of aliphatic hydroxyl groups excluding tert-OH is 1. The minimum Gasteiger partial charge on any atom is -0.493 e. The maximum absolute atomic E-state index is 11.2. The van der Waals surface area contributed by atoms with Crippen LogP contribution in [0.15, 0.2) is 24.3 Å². The summed E-state index contributed by atoms with van der Waals surface area (Å²) >= 11 is 0. The van der Waals surface area contributed by atoms with Gasteiger partial charge in [-0.05, 0) is 31.7 Å². The number of hydrogen-bond donors (Lipinski definition) is 2. The molecule has 4 nitrogen and oxygen atoms in total. The lowest BCUT2D eigenvalue weighted by Crippen LogP contribution is -2.46. The van der Waals surface area contributed by atoms with Gasteiger partial charge in [0.25, 0.3) is 0 Å². The van der Waals surface area contributed by atoms with Crippen LogP contribution in [-0.4, -0.2) is 37.5 Å². The molecule has 3 atom stereocenters. The van der Waals surface area contributed by atoms with E-state index in [1.165, 1.54) is 25.7 Å². The first-order chi connectivity index (χ1) is 11.3. The van der Waals surface area contributed by atoms with Crippen LogP contribution in [0.25, 0.3) is 0 Å². The number of ether oxygens (including phenoxy) is 2. The molecule has 1 saturated carbocycles. The summed E-state index contributed by atoms with van der Waals surface area (Å²) in [5, 5.41) is 14.6. The lowest BCUT2D eigenvalue weighted by atomic mass is 9.79. The van der Waals surface area contributed by atoms with Crippen molar-refractivity contribution in [1.29, 1.82) is 0 Å². The first-order valence-electron chi connectivity index (χ1n) is 9.03. The van der Waals surface area contributed by atoms with Gasteiger partial charge in [0, 0.05) is 24.6 Å². The van der Waals surface area contributed by atoms with E-state index < -0.39 is 6.10 Å². The van der Waals surface area contributed by atoms with Gasteiger partial charge >= 0.3 is 0 Å². The third-order valence-electron chi connectivity index (χ3n) is 5.23. The Kier molecular flexibility index (Phi) is 5.92. The third-order valence-corrected chi connectivity index (χ3v) is 5.23. The van der Waals surface area contributed by atoms with Crippen LogP contribution in [0.5, 0.6) is 5.75 Å². The van der Waals surface area contributed by atoms with Crippen LogP contribution in [-0.2, 0) is 4.74 Å². The zero-order valence-corrected chi connectivity index (χ0v) is 14.0. The van der Waals surface area contributed by atoms with Crippen LogP contribution in [0.4, 0.5) is 0 Å². The molecule has 1 aliphatic heterocycles. The average molecular weight is 319 g/mol. The first kappa shape index (κ1) is 16.7. The van der Waals surface area contributed by atoms with Crippen molar-refractivity contribution in [2.45, 2.75) is 44.8 Å². The van der Waals surface area contributed by atoms with E-state index in [1.54, 1.807) is 0 Å². The van der Waals surface area contributed by atoms with E-state index in [2.05, 4.69) is 5.32 Å². The fraction of sp³-hybridized carbons (Fsp3) is 0.684. The molecule has 1 saturated heterocycles.